The van der Waals surface area contributed by atoms with Gasteiger partial charge in [-0.05, 0) is 115 Å². The smallest absolute Gasteiger partial charge is 0.338 e. The first-order chi connectivity index (χ1) is 37.9. The van der Waals surface area contributed by atoms with Gasteiger partial charge in [0.15, 0.2) is 31.9 Å². The Labute approximate surface area is 475 Å². The second kappa shape index (κ2) is 23.7. The number of esters is 4. The number of carbonyl (C=O) groups is 6. The summed E-state index contributed by atoms with van der Waals surface area (Å²) in [6.45, 7) is 30.1. The Morgan fingerprint density at radius 1 is 0.787 bits per heavy atom. The summed E-state index contributed by atoms with van der Waals surface area (Å²) in [6, 6.07) is 26.0. The molecule has 1 spiro atoms. The van der Waals surface area contributed by atoms with Crippen LogP contribution in [-0.4, -0.2) is 101 Å². The molecule has 2 aliphatic heterocycles. The first-order valence-electron chi connectivity index (χ1n) is 29.1. The molecule has 5 aliphatic rings. The van der Waals surface area contributed by atoms with Gasteiger partial charge in [0.1, 0.15) is 18.3 Å². The van der Waals surface area contributed by atoms with E-state index in [4.69, 9.17) is 32.5 Å². The van der Waals surface area contributed by atoms with E-state index in [1.807, 2.05) is 30.3 Å². The largest absolute Gasteiger partial charge is 0.457 e. The summed E-state index contributed by atoms with van der Waals surface area (Å²) >= 11 is 0. The molecule has 1 amide bonds. The summed E-state index contributed by atoms with van der Waals surface area (Å²) in [5, 5.41) is 3.26. The van der Waals surface area contributed by atoms with Crippen molar-refractivity contribution in [3.63, 3.8) is 0 Å². The van der Waals surface area contributed by atoms with Gasteiger partial charge in [0.2, 0.25) is 8.32 Å². The molecule has 14 nitrogen and oxygen atoms in total. The summed E-state index contributed by atoms with van der Waals surface area (Å²) in [4.78, 5) is 91.8. The van der Waals surface area contributed by atoms with Crippen LogP contribution >= 0.6 is 0 Å². The number of hydrogen-bond donors (Lipinski definition) is 1. The van der Waals surface area contributed by atoms with Gasteiger partial charge in [-0.2, -0.15) is 0 Å². The molecule has 16 heteroatoms. The molecule has 0 radical (unpaired) electrons. The van der Waals surface area contributed by atoms with Crippen LogP contribution in [0.1, 0.15) is 154 Å². The van der Waals surface area contributed by atoms with Crippen molar-refractivity contribution in [1.29, 1.82) is 0 Å². The first-order valence-corrected chi connectivity index (χ1v) is 33.8. The summed E-state index contributed by atoms with van der Waals surface area (Å²) in [5.74, 6) is -4.98. The van der Waals surface area contributed by atoms with Gasteiger partial charge in [0.05, 0.1) is 41.1 Å². The van der Waals surface area contributed by atoms with Gasteiger partial charge in [0, 0.05) is 31.7 Å². The van der Waals surface area contributed by atoms with E-state index in [0.29, 0.717) is 28.7 Å². The van der Waals surface area contributed by atoms with Crippen LogP contribution in [0.3, 0.4) is 0 Å². The zero-order valence-electron chi connectivity index (χ0n) is 49.3. The van der Waals surface area contributed by atoms with Gasteiger partial charge in [0.25, 0.3) is 5.91 Å². The van der Waals surface area contributed by atoms with E-state index in [-0.39, 0.29) is 60.1 Å². The van der Waals surface area contributed by atoms with Crippen molar-refractivity contribution in [3.05, 3.63) is 130 Å². The number of Topliss-reactive ketones (excluding diaryl/α,β-unsaturated/α-hetero) is 1. The maximum absolute atomic E-state index is 16.8. The fourth-order valence-electron chi connectivity index (χ4n) is 15.0. The third kappa shape index (κ3) is 10.4. The van der Waals surface area contributed by atoms with Crippen molar-refractivity contribution in [2.45, 2.75) is 205 Å². The summed E-state index contributed by atoms with van der Waals surface area (Å²) in [7, 11) is -5.68. The Morgan fingerprint density at radius 3 is 1.93 bits per heavy atom. The zero-order chi connectivity index (χ0) is 58.3. The average Bonchev–Trinajstić information content (AvgIpc) is 3.71. The van der Waals surface area contributed by atoms with E-state index in [1.165, 1.54) is 6.92 Å². The second-order valence-corrected chi connectivity index (χ2v) is 34.5. The molecule has 11 atom stereocenters. The quantitative estimate of drug-likeness (QED) is 0.0620. The first kappa shape index (κ1) is 60.6. The molecule has 3 aliphatic carbocycles. The summed E-state index contributed by atoms with van der Waals surface area (Å²) < 4.78 is 49.2. The Morgan fingerprint density at radius 2 is 1.38 bits per heavy atom. The highest BCUT2D eigenvalue weighted by Crippen LogP contribution is 2.67. The third-order valence-corrected chi connectivity index (χ3v) is 30.1. The van der Waals surface area contributed by atoms with Crippen molar-refractivity contribution in [2.75, 3.05) is 6.61 Å². The molecule has 3 bridgehead atoms. The molecule has 1 N–H and O–H groups in total. The van der Waals surface area contributed by atoms with Gasteiger partial charge in [-0.15, -0.1) is 0 Å². The minimum absolute atomic E-state index is 0.0145. The van der Waals surface area contributed by atoms with E-state index in [9.17, 15) is 9.59 Å². The molecule has 2 saturated carbocycles. The van der Waals surface area contributed by atoms with Gasteiger partial charge in [-0.3, -0.25) is 19.2 Å². The highest BCUT2D eigenvalue weighted by atomic mass is 28.4. The van der Waals surface area contributed by atoms with Gasteiger partial charge >= 0.3 is 23.9 Å². The summed E-state index contributed by atoms with van der Waals surface area (Å²) in [5.41, 5.74) is -1.90. The minimum Gasteiger partial charge on any atom is -0.457 e. The molecular formula is C64H85NO13Si2. The number of fused-ring (bicyclic) bond motifs is 2. The van der Waals surface area contributed by atoms with Crippen molar-refractivity contribution < 1.29 is 61.3 Å². The van der Waals surface area contributed by atoms with Crippen molar-refractivity contribution in [1.82, 2.24) is 5.32 Å². The van der Waals surface area contributed by atoms with Crippen LogP contribution in [-0.2, 0) is 58.1 Å². The molecule has 0 aromatic heterocycles. The topological polar surface area (TPSA) is 179 Å². The monoisotopic (exact) mass is 1130 g/mol. The lowest BCUT2D eigenvalue weighted by Crippen LogP contribution is -2.78. The number of rotatable bonds is 16. The number of ether oxygens (including phenoxy) is 5. The number of nitrogens with one attached hydrogen (secondary N) is 1. The number of ketones is 1. The molecular weight excluding hydrogens is 1050 g/mol. The van der Waals surface area contributed by atoms with Crippen LogP contribution in [0, 0.1) is 16.7 Å². The molecule has 1 saturated heterocycles. The minimum atomic E-state index is -3.06. The maximum atomic E-state index is 16.8. The van der Waals surface area contributed by atoms with E-state index in [2.05, 4.69) is 74.2 Å². The Kier molecular flexibility index (Phi) is 18.0. The lowest BCUT2D eigenvalue weighted by atomic mass is 9.50. The molecule has 8 rings (SSSR count). The van der Waals surface area contributed by atoms with E-state index in [1.54, 1.807) is 75.4 Å². The fraction of sp³-hybridized carbons (Fsp3) is 0.562. The molecule has 2 heterocycles. The average molecular weight is 1130 g/mol. The Hall–Kier alpha value is -5.53. The molecule has 1 unspecified atom stereocenters. The molecule has 3 aromatic rings. The maximum Gasteiger partial charge on any atom is 0.338 e. The third-order valence-electron chi connectivity index (χ3n) is 19.3. The van der Waals surface area contributed by atoms with Crippen LogP contribution in [0.25, 0.3) is 0 Å². The zero-order valence-corrected chi connectivity index (χ0v) is 51.3. The lowest BCUT2D eigenvalue weighted by molar-refractivity contribution is -0.331. The number of carbonyl (C=O) groups excluding carboxylic acids is 6. The van der Waals surface area contributed by atoms with Crippen molar-refractivity contribution in [3.8, 4) is 0 Å². The van der Waals surface area contributed by atoms with Crippen LogP contribution < -0.4 is 5.32 Å². The van der Waals surface area contributed by atoms with Gasteiger partial charge in [-0.25, -0.2) is 9.59 Å². The number of amides is 1. The van der Waals surface area contributed by atoms with Crippen molar-refractivity contribution >= 4 is 52.2 Å². The number of aryl methyl sites for hydroxylation is 1. The summed E-state index contributed by atoms with van der Waals surface area (Å²) in [6.07, 6.45) is -6.80. The Bertz CT molecular complexity index is 2840. The standard InChI is InChI=1S/C64H85NO13Si2/c1-15-79(16-2,17-3)77-49-35-50-64(37-72-50)56-58(75-60(70)46-30-22-19-23-31-46)63(38(4)5)36-48(42(12)52(63)54(73-43(13)66)57(68)62(49,56)14)74-61(71)55(78-80(39(6)7,40(8)9)41(10)11)53(65-59(69)45-28-20-18-21-29-45)47-33-25-24-27-44(47)32-26-34-51(67)76-64/h18-25,27-31,33,39-41,48-50,53-56,58H,4,15-17,26,32,34-37H2,1-3,5-14H3,(H,65,69)/t48-,49-,50+,53-,54+,55?,56-,58-,62+,63-,64-/m0/s1. The predicted molar refractivity (Wildman–Crippen MR) is 309 cm³/mol. The SMILES string of the molecule is C=C(C)[C@@]12C[C@@H]3OC(=O)C(O[Si](C(C)C)(C(C)C)C(C)C)[C@@H](NC(=O)c4ccccc4)c4ccccc4CCCC(=O)O[C@@]45CO[C@@H]4C[C@H](O[Si](CC)(CC)CC)[C@@](C)(C(=O)[C@H](OC(C)=O)C1=C3C)[C@@H]5[C@@H]2OC(=O)c1ccccc1. The second-order valence-electron chi connectivity index (χ2n) is 24.3. The highest BCUT2D eigenvalue weighted by Gasteiger charge is 2.79. The van der Waals surface area contributed by atoms with E-state index < -0.39 is 117 Å². The van der Waals surface area contributed by atoms with Crippen molar-refractivity contribution in [2.24, 2.45) is 16.7 Å². The normalized spacial score (nSPS) is 29.9. The van der Waals surface area contributed by atoms with Gasteiger partial charge < -0.3 is 37.9 Å². The number of benzene rings is 3. The molecule has 80 heavy (non-hydrogen) atoms. The fourth-order valence-corrected chi connectivity index (χ4v) is 23.5. The Balaban J connectivity index is 1.44. The van der Waals surface area contributed by atoms with E-state index in [0.717, 1.165) is 23.7 Å². The molecule has 3 fully saturated rings. The lowest BCUT2D eigenvalue weighted by Gasteiger charge is -2.65. The van der Waals surface area contributed by atoms with Crippen LogP contribution in [0.15, 0.2) is 108 Å². The van der Waals surface area contributed by atoms with Crippen LogP contribution in [0.5, 0.6) is 0 Å². The van der Waals surface area contributed by atoms with E-state index >= 15 is 19.2 Å². The van der Waals surface area contributed by atoms with Crippen LogP contribution in [0.4, 0.5) is 0 Å². The molecule has 432 valence electrons. The van der Waals surface area contributed by atoms with Crippen LogP contribution in [0.2, 0.25) is 34.8 Å². The number of hydrogen-bond acceptors (Lipinski definition) is 13. The predicted octanol–water partition coefficient (Wildman–Crippen LogP) is 12.1. The van der Waals surface area contributed by atoms with Gasteiger partial charge in [-0.1, -0.05) is 135 Å². The molecule has 3 aromatic carbocycles. The highest BCUT2D eigenvalue weighted by molar-refractivity contribution is 6.77.